The quantitative estimate of drug-likeness (QED) is 0.778. The lowest BCUT2D eigenvalue weighted by molar-refractivity contribution is 0.648. The zero-order valence-electron chi connectivity index (χ0n) is 11.2. The van der Waals surface area contributed by atoms with Crippen LogP contribution in [0.15, 0.2) is 48.9 Å². The second kappa shape index (κ2) is 5.26. The van der Waals surface area contributed by atoms with Gasteiger partial charge in [-0.15, -0.1) is 5.10 Å². The van der Waals surface area contributed by atoms with Crippen LogP contribution in [0.25, 0.3) is 5.69 Å². The van der Waals surface area contributed by atoms with Crippen LogP contribution in [0.2, 0.25) is 0 Å². The summed E-state index contributed by atoms with van der Waals surface area (Å²) < 4.78 is 3.62. The van der Waals surface area contributed by atoms with Crippen molar-refractivity contribution >= 4 is 0 Å². The van der Waals surface area contributed by atoms with E-state index in [2.05, 4.69) is 27.5 Å². The van der Waals surface area contributed by atoms with Crippen molar-refractivity contribution in [1.29, 1.82) is 0 Å². The molecule has 20 heavy (non-hydrogen) atoms. The van der Waals surface area contributed by atoms with Gasteiger partial charge in [0.1, 0.15) is 0 Å². The molecule has 102 valence electrons. The fourth-order valence-corrected chi connectivity index (χ4v) is 1.96. The van der Waals surface area contributed by atoms with Crippen LogP contribution in [0.3, 0.4) is 0 Å². The van der Waals surface area contributed by atoms with Gasteiger partial charge >= 0.3 is 0 Å². The molecule has 0 spiro atoms. The van der Waals surface area contributed by atoms with Gasteiger partial charge in [-0.2, -0.15) is 5.10 Å². The largest absolute Gasteiger partial charge is 0.323 e. The van der Waals surface area contributed by atoms with Crippen LogP contribution in [0, 0.1) is 0 Å². The standard InChI is InChI=1S/C14H16N6/c1-11(15)14-10-19(18-17-14)9-12-3-5-13(6-4-12)20-8-2-7-16-20/h2-8,10-11H,9,15H2,1H3. The van der Waals surface area contributed by atoms with Crippen molar-refractivity contribution in [2.45, 2.75) is 19.5 Å². The second-order valence-corrected chi connectivity index (χ2v) is 4.75. The summed E-state index contributed by atoms with van der Waals surface area (Å²) in [5, 5.41) is 12.3. The molecule has 0 fully saturated rings. The lowest BCUT2D eigenvalue weighted by Crippen LogP contribution is -2.05. The summed E-state index contributed by atoms with van der Waals surface area (Å²) in [6.45, 7) is 2.58. The summed E-state index contributed by atoms with van der Waals surface area (Å²) >= 11 is 0. The molecule has 3 aromatic rings. The highest BCUT2D eigenvalue weighted by Crippen LogP contribution is 2.10. The van der Waals surface area contributed by atoms with Gasteiger partial charge in [0.2, 0.25) is 0 Å². The normalized spacial score (nSPS) is 12.5. The minimum absolute atomic E-state index is 0.0917. The van der Waals surface area contributed by atoms with Gasteiger partial charge in [0.05, 0.1) is 24.1 Å². The van der Waals surface area contributed by atoms with Crippen LogP contribution in [0.4, 0.5) is 0 Å². The maximum absolute atomic E-state index is 5.77. The highest BCUT2D eigenvalue weighted by molar-refractivity contribution is 5.33. The molecule has 6 nitrogen and oxygen atoms in total. The van der Waals surface area contributed by atoms with Crippen molar-refractivity contribution in [3.8, 4) is 5.69 Å². The fraction of sp³-hybridized carbons (Fsp3) is 0.214. The maximum Gasteiger partial charge on any atom is 0.0991 e. The molecule has 0 aliphatic carbocycles. The van der Waals surface area contributed by atoms with E-state index in [1.807, 2.05) is 42.2 Å². The highest BCUT2D eigenvalue weighted by atomic mass is 15.4. The first-order valence-corrected chi connectivity index (χ1v) is 6.47. The van der Waals surface area contributed by atoms with Gasteiger partial charge in [0.15, 0.2) is 0 Å². The van der Waals surface area contributed by atoms with Crippen molar-refractivity contribution in [1.82, 2.24) is 24.8 Å². The van der Waals surface area contributed by atoms with E-state index in [4.69, 9.17) is 5.73 Å². The van der Waals surface area contributed by atoms with Gasteiger partial charge in [-0.25, -0.2) is 9.36 Å². The van der Waals surface area contributed by atoms with E-state index in [0.29, 0.717) is 6.54 Å². The molecule has 6 heteroatoms. The number of aromatic nitrogens is 5. The van der Waals surface area contributed by atoms with Crippen LogP contribution in [0.5, 0.6) is 0 Å². The molecule has 0 aliphatic heterocycles. The predicted octanol–water partition coefficient (Wildman–Crippen LogP) is 1.53. The topological polar surface area (TPSA) is 74.5 Å². The van der Waals surface area contributed by atoms with Crippen molar-refractivity contribution in [2.75, 3.05) is 0 Å². The van der Waals surface area contributed by atoms with E-state index in [0.717, 1.165) is 16.9 Å². The van der Waals surface area contributed by atoms with Gasteiger partial charge in [0, 0.05) is 18.4 Å². The van der Waals surface area contributed by atoms with Crippen molar-refractivity contribution in [2.24, 2.45) is 5.73 Å². The van der Waals surface area contributed by atoms with Crippen LogP contribution in [-0.4, -0.2) is 24.8 Å². The number of rotatable bonds is 4. The van der Waals surface area contributed by atoms with Gasteiger partial charge in [-0.1, -0.05) is 17.3 Å². The Kier molecular flexibility index (Phi) is 3.30. The van der Waals surface area contributed by atoms with E-state index < -0.39 is 0 Å². The van der Waals surface area contributed by atoms with Gasteiger partial charge in [-0.05, 0) is 30.7 Å². The Balaban J connectivity index is 1.74. The Morgan fingerprint density at radius 3 is 2.65 bits per heavy atom. The molecule has 1 aromatic carbocycles. The molecule has 2 heterocycles. The number of nitrogens with zero attached hydrogens (tertiary/aromatic N) is 5. The zero-order valence-corrected chi connectivity index (χ0v) is 11.2. The zero-order chi connectivity index (χ0) is 13.9. The lowest BCUT2D eigenvalue weighted by Gasteiger charge is -2.04. The molecule has 2 aromatic heterocycles. The summed E-state index contributed by atoms with van der Waals surface area (Å²) in [4.78, 5) is 0. The number of benzene rings is 1. The Hall–Kier alpha value is -2.47. The first-order chi connectivity index (χ1) is 9.72. The average molecular weight is 268 g/mol. The van der Waals surface area contributed by atoms with E-state index in [1.54, 1.807) is 10.9 Å². The third-order valence-corrected chi connectivity index (χ3v) is 3.07. The minimum Gasteiger partial charge on any atom is -0.323 e. The first-order valence-electron chi connectivity index (χ1n) is 6.47. The van der Waals surface area contributed by atoms with Crippen LogP contribution < -0.4 is 5.73 Å². The number of hydrogen-bond acceptors (Lipinski definition) is 4. The van der Waals surface area contributed by atoms with E-state index in [-0.39, 0.29) is 6.04 Å². The maximum atomic E-state index is 5.77. The molecule has 0 radical (unpaired) electrons. The van der Waals surface area contributed by atoms with Crippen LogP contribution in [0.1, 0.15) is 24.2 Å². The molecule has 3 rings (SSSR count). The van der Waals surface area contributed by atoms with Gasteiger partial charge < -0.3 is 5.73 Å². The third kappa shape index (κ3) is 2.60. The minimum atomic E-state index is -0.0917. The summed E-state index contributed by atoms with van der Waals surface area (Å²) in [5.41, 5.74) is 8.76. The summed E-state index contributed by atoms with van der Waals surface area (Å²) in [6.07, 6.45) is 5.56. The molecule has 1 unspecified atom stereocenters. The monoisotopic (exact) mass is 268 g/mol. The average Bonchev–Trinajstić information content (AvgIpc) is 3.10. The number of hydrogen-bond donors (Lipinski definition) is 1. The Bertz CT molecular complexity index is 666. The highest BCUT2D eigenvalue weighted by Gasteiger charge is 2.05. The molecule has 2 N–H and O–H groups in total. The first kappa shape index (κ1) is 12.6. The smallest absolute Gasteiger partial charge is 0.0991 e. The molecule has 0 saturated carbocycles. The van der Waals surface area contributed by atoms with Gasteiger partial charge in [-0.3, -0.25) is 0 Å². The summed E-state index contributed by atoms with van der Waals surface area (Å²) in [7, 11) is 0. The molecule has 0 saturated heterocycles. The predicted molar refractivity (Wildman–Crippen MR) is 75.3 cm³/mol. The lowest BCUT2D eigenvalue weighted by atomic mass is 10.2. The molecule has 1 atom stereocenters. The van der Waals surface area contributed by atoms with Crippen LogP contribution in [-0.2, 0) is 6.54 Å². The molecular formula is C14H16N6. The van der Waals surface area contributed by atoms with Crippen molar-refractivity contribution < 1.29 is 0 Å². The third-order valence-electron chi connectivity index (χ3n) is 3.07. The van der Waals surface area contributed by atoms with Crippen molar-refractivity contribution in [3.63, 3.8) is 0 Å². The SMILES string of the molecule is CC(N)c1cn(Cc2ccc(-n3cccn3)cc2)nn1. The Labute approximate surface area is 116 Å². The van der Waals surface area contributed by atoms with E-state index in [1.165, 1.54) is 0 Å². The van der Waals surface area contributed by atoms with Crippen LogP contribution >= 0.6 is 0 Å². The summed E-state index contributed by atoms with van der Waals surface area (Å²) in [5.74, 6) is 0. The van der Waals surface area contributed by atoms with Crippen molar-refractivity contribution in [3.05, 3.63) is 60.2 Å². The molecular weight excluding hydrogens is 252 g/mol. The fourth-order valence-electron chi connectivity index (χ4n) is 1.96. The summed E-state index contributed by atoms with van der Waals surface area (Å²) in [6, 6.07) is 10.00. The Morgan fingerprint density at radius 2 is 2.05 bits per heavy atom. The molecule has 0 aliphatic rings. The van der Waals surface area contributed by atoms with E-state index in [9.17, 15) is 0 Å². The number of nitrogens with two attached hydrogens (primary N) is 1. The van der Waals surface area contributed by atoms with Gasteiger partial charge in [0.25, 0.3) is 0 Å². The second-order valence-electron chi connectivity index (χ2n) is 4.75. The Morgan fingerprint density at radius 1 is 1.25 bits per heavy atom. The molecule has 0 bridgehead atoms. The molecule has 0 amide bonds. The van der Waals surface area contributed by atoms with E-state index >= 15 is 0 Å².